The highest BCUT2D eigenvalue weighted by molar-refractivity contribution is 5.71. The zero-order chi connectivity index (χ0) is 21.4. The van der Waals surface area contributed by atoms with Gasteiger partial charge in [0.2, 0.25) is 0 Å². The summed E-state index contributed by atoms with van der Waals surface area (Å²) in [4.78, 5) is 2.45. The zero-order valence-electron chi connectivity index (χ0n) is 19.1. The van der Waals surface area contributed by atoms with E-state index in [4.69, 9.17) is 0 Å². The molecule has 0 atom stereocenters. The third-order valence-electron chi connectivity index (χ3n) is 6.50. The van der Waals surface area contributed by atoms with Crippen LogP contribution < -0.4 is 4.90 Å². The molecule has 2 aromatic rings. The summed E-state index contributed by atoms with van der Waals surface area (Å²) in [6.45, 7) is 21.2. The first-order chi connectivity index (χ1) is 13.6. The lowest BCUT2D eigenvalue weighted by Crippen LogP contribution is -2.26. The standard InChI is InChI=1S/C28H35N/c1-9-29-25-17-13-12-16-24(25)28(7,8)26(29)19-20(2)18-22(4)27(5,6)23-15-11-10-14-21(23)3/h10-19H,4,9H2,1-3,5-8H3/b20-18+,26-19-. The number of rotatable bonds is 5. The van der Waals surface area contributed by atoms with Gasteiger partial charge in [0.05, 0.1) is 0 Å². The molecule has 1 heteroatoms. The smallest absolute Gasteiger partial charge is 0.0450 e. The van der Waals surface area contributed by atoms with Gasteiger partial charge >= 0.3 is 0 Å². The summed E-state index contributed by atoms with van der Waals surface area (Å²) >= 11 is 0. The first-order valence-corrected chi connectivity index (χ1v) is 10.6. The second kappa shape index (κ2) is 7.71. The van der Waals surface area contributed by atoms with Gasteiger partial charge in [-0.3, -0.25) is 0 Å². The molecule has 0 amide bonds. The van der Waals surface area contributed by atoms with Gasteiger partial charge in [-0.2, -0.15) is 0 Å². The fraction of sp³-hybridized carbons (Fsp3) is 0.357. The number of likely N-dealkylation sites (N-methyl/N-ethyl adjacent to an activating group) is 1. The largest absolute Gasteiger partial charge is 0.344 e. The molecule has 1 aliphatic rings. The quantitative estimate of drug-likeness (QED) is 0.482. The summed E-state index contributed by atoms with van der Waals surface area (Å²) in [7, 11) is 0. The number of hydrogen-bond donors (Lipinski definition) is 0. The molecule has 0 N–H and O–H groups in total. The second-order valence-corrected chi connectivity index (χ2v) is 9.27. The molecule has 0 aromatic heterocycles. The third kappa shape index (κ3) is 3.71. The number of anilines is 1. The van der Waals surface area contributed by atoms with E-state index in [1.54, 1.807) is 0 Å². The van der Waals surface area contributed by atoms with Crippen LogP contribution >= 0.6 is 0 Å². The van der Waals surface area contributed by atoms with Crippen LogP contribution in [-0.2, 0) is 10.8 Å². The Morgan fingerprint density at radius 1 is 1.07 bits per heavy atom. The van der Waals surface area contributed by atoms with Gasteiger partial charge in [0, 0.05) is 28.8 Å². The second-order valence-electron chi connectivity index (χ2n) is 9.27. The molecule has 3 rings (SSSR count). The molecule has 1 heterocycles. The Labute approximate surface area is 177 Å². The van der Waals surface area contributed by atoms with Crippen LogP contribution in [0.5, 0.6) is 0 Å². The minimum atomic E-state index is -0.107. The number of para-hydroxylation sites is 1. The SMILES string of the molecule is C=C(/C=C(C)/C=C1\N(CC)c2ccccc2C1(C)C)C(C)(C)c1ccccc1C. The molecule has 1 aliphatic heterocycles. The molecule has 0 saturated carbocycles. The number of fused-ring (bicyclic) bond motifs is 1. The highest BCUT2D eigenvalue weighted by atomic mass is 15.2. The normalized spacial score (nSPS) is 17.6. The maximum absolute atomic E-state index is 4.45. The molecular weight excluding hydrogens is 350 g/mol. The van der Waals surface area contributed by atoms with E-state index < -0.39 is 0 Å². The Morgan fingerprint density at radius 3 is 2.34 bits per heavy atom. The molecule has 0 saturated heterocycles. The topological polar surface area (TPSA) is 3.24 Å². The van der Waals surface area contributed by atoms with Crippen LogP contribution in [0, 0.1) is 6.92 Å². The van der Waals surface area contributed by atoms with E-state index >= 15 is 0 Å². The van der Waals surface area contributed by atoms with E-state index in [0.29, 0.717) is 0 Å². The molecule has 29 heavy (non-hydrogen) atoms. The minimum Gasteiger partial charge on any atom is -0.344 e. The van der Waals surface area contributed by atoms with Crippen LogP contribution in [0.25, 0.3) is 0 Å². The first kappa shape index (κ1) is 21.2. The van der Waals surface area contributed by atoms with E-state index in [2.05, 4.69) is 121 Å². The van der Waals surface area contributed by atoms with Gasteiger partial charge in [0.15, 0.2) is 0 Å². The Kier molecular flexibility index (Phi) is 5.63. The summed E-state index contributed by atoms with van der Waals surface area (Å²) < 4.78 is 0. The average molecular weight is 386 g/mol. The Hall–Kier alpha value is -2.54. The van der Waals surface area contributed by atoms with Crippen molar-refractivity contribution >= 4 is 5.69 Å². The lowest BCUT2D eigenvalue weighted by molar-refractivity contribution is 0.631. The van der Waals surface area contributed by atoms with Crippen molar-refractivity contribution in [3.8, 4) is 0 Å². The number of hydrogen-bond acceptors (Lipinski definition) is 1. The molecule has 2 aromatic carbocycles. The minimum absolute atomic E-state index is 0.00538. The molecule has 0 bridgehead atoms. The Morgan fingerprint density at radius 2 is 1.69 bits per heavy atom. The van der Waals surface area contributed by atoms with Crippen LogP contribution in [0.3, 0.4) is 0 Å². The van der Waals surface area contributed by atoms with E-state index in [0.717, 1.165) is 12.1 Å². The summed E-state index contributed by atoms with van der Waals surface area (Å²) in [6.07, 6.45) is 4.61. The molecule has 1 nitrogen and oxygen atoms in total. The lowest BCUT2D eigenvalue weighted by atomic mass is 9.76. The van der Waals surface area contributed by atoms with Crippen LogP contribution in [-0.4, -0.2) is 6.54 Å². The van der Waals surface area contributed by atoms with Crippen LogP contribution in [0.4, 0.5) is 5.69 Å². The van der Waals surface area contributed by atoms with Crippen molar-refractivity contribution in [1.82, 2.24) is 0 Å². The summed E-state index contributed by atoms with van der Waals surface area (Å²) in [5, 5.41) is 0. The highest BCUT2D eigenvalue weighted by Gasteiger charge is 2.39. The van der Waals surface area contributed by atoms with Crippen molar-refractivity contribution in [1.29, 1.82) is 0 Å². The average Bonchev–Trinajstić information content (AvgIpc) is 2.88. The van der Waals surface area contributed by atoms with E-state index in [1.807, 2.05) is 0 Å². The first-order valence-electron chi connectivity index (χ1n) is 10.6. The highest BCUT2D eigenvalue weighted by Crippen LogP contribution is 2.47. The monoisotopic (exact) mass is 385 g/mol. The molecule has 152 valence electrons. The molecular formula is C28H35N. The van der Waals surface area contributed by atoms with Gasteiger partial charge < -0.3 is 4.90 Å². The van der Waals surface area contributed by atoms with Crippen LogP contribution in [0.15, 0.2) is 84.1 Å². The molecule has 0 radical (unpaired) electrons. The molecule has 0 aliphatic carbocycles. The van der Waals surface area contributed by atoms with Crippen molar-refractivity contribution in [2.75, 3.05) is 11.4 Å². The van der Waals surface area contributed by atoms with Gasteiger partial charge in [-0.1, -0.05) is 82.8 Å². The van der Waals surface area contributed by atoms with Crippen LogP contribution in [0.2, 0.25) is 0 Å². The van der Waals surface area contributed by atoms with Crippen molar-refractivity contribution < 1.29 is 0 Å². The molecule has 0 unspecified atom stereocenters. The van der Waals surface area contributed by atoms with Crippen molar-refractivity contribution in [3.05, 3.63) is 101 Å². The maximum atomic E-state index is 4.45. The van der Waals surface area contributed by atoms with E-state index in [1.165, 1.54) is 33.6 Å². The Balaban J connectivity index is 1.97. The lowest BCUT2D eigenvalue weighted by Gasteiger charge is -2.29. The summed E-state index contributed by atoms with van der Waals surface area (Å²) in [6, 6.07) is 17.4. The number of nitrogens with zero attached hydrogens (tertiary/aromatic N) is 1. The van der Waals surface area contributed by atoms with E-state index in [9.17, 15) is 0 Å². The van der Waals surface area contributed by atoms with Crippen LogP contribution in [0.1, 0.15) is 58.2 Å². The van der Waals surface area contributed by atoms with Crippen molar-refractivity contribution in [3.63, 3.8) is 0 Å². The molecule has 0 fully saturated rings. The van der Waals surface area contributed by atoms with Crippen molar-refractivity contribution in [2.24, 2.45) is 0 Å². The van der Waals surface area contributed by atoms with Gasteiger partial charge in [0.25, 0.3) is 0 Å². The van der Waals surface area contributed by atoms with Gasteiger partial charge in [-0.05, 0) is 60.8 Å². The van der Waals surface area contributed by atoms with Gasteiger partial charge in [-0.25, -0.2) is 0 Å². The zero-order valence-corrected chi connectivity index (χ0v) is 19.1. The fourth-order valence-electron chi connectivity index (χ4n) is 4.60. The number of allylic oxidation sites excluding steroid dienone is 5. The number of aryl methyl sites for hydroxylation is 1. The fourth-order valence-corrected chi connectivity index (χ4v) is 4.60. The third-order valence-corrected chi connectivity index (χ3v) is 6.50. The van der Waals surface area contributed by atoms with Gasteiger partial charge in [0.1, 0.15) is 0 Å². The van der Waals surface area contributed by atoms with E-state index in [-0.39, 0.29) is 10.8 Å². The maximum Gasteiger partial charge on any atom is 0.0450 e. The number of benzene rings is 2. The Bertz CT molecular complexity index is 985. The van der Waals surface area contributed by atoms with Crippen molar-refractivity contribution in [2.45, 2.75) is 59.3 Å². The summed E-state index contributed by atoms with van der Waals surface area (Å²) in [5.41, 5.74) is 9.01. The van der Waals surface area contributed by atoms with Gasteiger partial charge in [-0.15, -0.1) is 0 Å². The predicted octanol–water partition coefficient (Wildman–Crippen LogP) is 7.48. The summed E-state index contributed by atoms with van der Waals surface area (Å²) in [5.74, 6) is 0. The predicted molar refractivity (Wildman–Crippen MR) is 128 cm³/mol. The molecule has 0 spiro atoms.